The smallest absolute Gasteiger partial charge is 0.263 e. The average Bonchev–Trinajstić information content (AvgIpc) is 2.86. The van der Waals surface area contributed by atoms with E-state index < -0.39 is 0 Å². The Morgan fingerprint density at radius 1 is 1.29 bits per heavy atom. The van der Waals surface area contributed by atoms with Gasteiger partial charge in [-0.3, -0.25) is 9.36 Å². The fourth-order valence-electron chi connectivity index (χ4n) is 2.68. The number of hydrogen-bond donors (Lipinski definition) is 0. The number of terminal acetylenes is 1. The second-order valence-corrected chi connectivity index (χ2v) is 6.81. The second-order valence-electron chi connectivity index (χ2n) is 5.61. The number of fused-ring (bicyclic) bond motifs is 1. The predicted molar refractivity (Wildman–Crippen MR) is 98.0 cm³/mol. The zero-order valence-corrected chi connectivity index (χ0v) is 14.7. The summed E-state index contributed by atoms with van der Waals surface area (Å²) >= 11 is 1.55. The van der Waals surface area contributed by atoms with Gasteiger partial charge < -0.3 is 4.74 Å². The van der Waals surface area contributed by atoms with Gasteiger partial charge in [0.2, 0.25) is 0 Å². The molecule has 0 N–H and O–H groups in total. The Labute approximate surface area is 144 Å². The Kier molecular flexibility index (Phi) is 4.41. The predicted octanol–water partition coefficient (Wildman–Crippen LogP) is 3.31. The van der Waals surface area contributed by atoms with Crippen LogP contribution in [0.3, 0.4) is 0 Å². The molecule has 3 rings (SSSR count). The number of benzene rings is 1. The van der Waals surface area contributed by atoms with Gasteiger partial charge >= 0.3 is 0 Å². The topological polar surface area (TPSA) is 44.1 Å². The van der Waals surface area contributed by atoms with Crippen molar-refractivity contribution in [2.24, 2.45) is 0 Å². The average molecular weight is 338 g/mol. The van der Waals surface area contributed by atoms with Gasteiger partial charge in [-0.15, -0.1) is 17.8 Å². The Morgan fingerprint density at radius 2 is 2.00 bits per heavy atom. The fourth-order valence-corrected chi connectivity index (χ4v) is 3.72. The van der Waals surface area contributed by atoms with Crippen LogP contribution < -0.4 is 10.3 Å². The molecule has 0 amide bonds. The normalized spacial score (nSPS) is 10.8. The summed E-state index contributed by atoms with van der Waals surface area (Å²) in [6.45, 7) is 4.19. The number of hydrogen-bond acceptors (Lipinski definition) is 4. The van der Waals surface area contributed by atoms with Crippen molar-refractivity contribution in [3.05, 3.63) is 56.4 Å². The Hall–Kier alpha value is -2.58. The molecule has 0 bridgehead atoms. The van der Waals surface area contributed by atoms with Crippen LogP contribution in [0, 0.1) is 26.2 Å². The summed E-state index contributed by atoms with van der Waals surface area (Å²) in [5.74, 6) is 4.06. The molecule has 0 fully saturated rings. The van der Waals surface area contributed by atoms with Gasteiger partial charge in [0.25, 0.3) is 5.56 Å². The van der Waals surface area contributed by atoms with Crippen LogP contribution in [0.25, 0.3) is 10.2 Å². The van der Waals surface area contributed by atoms with Gasteiger partial charge in [-0.05, 0) is 37.1 Å². The number of rotatable bonds is 4. The van der Waals surface area contributed by atoms with Gasteiger partial charge in [0.15, 0.2) is 0 Å². The van der Waals surface area contributed by atoms with Crippen LogP contribution in [0.15, 0.2) is 29.1 Å². The standard InChI is InChI=1S/C19H18N2O2S/c1-5-10-21-16(11-14-6-8-15(23-4)9-7-14)20-18-17(19(21)22)12(2)13(3)24-18/h1,6-9H,10-11H2,2-4H3. The summed E-state index contributed by atoms with van der Waals surface area (Å²) in [6.07, 6.45) is 6.01. The van der Waals surface area contributed by atoms with E-state index in [-0.39, 0.29) is 12.1 Å². The van der Waals surface area contributed by atoms with E-state index in [1.165, 1.54) is 0 Å². The van der Waals surface area contributed by atoms with E-state index in [1.54, 1.807) is 23.0 Å². The molecule has 0 atom stereocenters. The largest absolute Gasteiger partial charge is 0.497 e. The van der Waals surface area contributed by atoms with Gasteiger partial charge in [0.05, 0.1) is 19.0 Å². The summed E-state index contributed by atoms with van der Waals surface area (Å²) < 4.78 is 6.78. The first kappa shape index (κ1) is 16.3. The van der Waals surface area contributed by atoms with E-state index in [0.717, 1.165) is 26.6 Å². The molecule has 0 saturated heterocycles. The molecule has 3 aromatic rings. The highest BCUT2D eigenvalue weighted by molar-refractivity contribution is 7.18. The lowest BCUT2D eigenvalue weighted by atomic mass is 10.1. The molecule has 0 aliphatic heterocycles. The van der Waals surface area contributed by atoms with Crippen molar-refractivity contribution in [1.82, 2.24) is 9.55 Å². The number of aryl methyl sites for hydroxylation is 2. The fraction of sp³-hybridized carbons (Fsp3) is 0.263. The van der Waals surface area contributed by atoms with Gasteiger partial charge in [0.1, 0.15) is 16.4 Å². The molecule has 24 heavy (non-hydrogen) atoms. The van der Waals surface area contributed by atoms with Crippen molar-refractivity contribution in [2.75, 3.05) is 7.11 Å². The van der Waals surface area contributed by atoms with Crippen molar-refractivity contribution < 1.29 is 4.74 Å². The number of aromatic nitrogens is 2. The highest BCUT2D eigenvalue weighted by Crippen LogP contribution is 2.26. The van der Waals surface area contributed by atoms with Crippen molar-refractivity contribution in [2.45, 2.75) is 26.8 Å². The molecule has 0 aliphatic rings. The molecule has 0 unspecified atom stereocenters. The van der Waals surface area contributed by atoms with Gasteiger partial charge in [0, 0.05) is 11.3 Å². The van der Waals surface area contributed by atoms with Crippen molar-refractivity contribution in [3.8, 4) is 18.1 Å². The maximum atomic E-state index is 12.9. The molecule has 2 heterocycles. The van der Waals surface area contributed by atoms with Gasteiger partial charge in [-0.25, -0.2) is 4.98 Å². The van der Waals surface area contributed by atoms with Gasteiger partial charge in [-0.2, -0.15) is 0 Å². The van der Waals surface area contributed by atoms with E-state index in [9.17, 15) is 4.79 Å². The second kappa shape index (κ2) is 6.50. The lowest BCUT2D eigenvalue weighted by Gasteiger charge is -2.10. The molecule has 0 aliphatic carbocycles. The van der Waals surface area contributed by atoms with Crippen LogP contribution in [0.2, 0.25) is 0 Å². The summed E-state index contributed by atoms with van der Waals surface area (Å²) in [5, 5.41) is 0.686. The minimum Gasteiger partial charge on any atom is -0.497 e. The van der Waals surface area contributed by atoms with E-state index in [1.807, 2.05) is 38.1 Å². The summed E-state index contributed by atoms with van der Waals surface area (Å²) in [6, 6.07) is 7.74. The molecular formula is C19H18N2O2S. The van der Waals surface area contributed by atoms with Crippen molar-refractivity contribution in [1.29, 1.82) is 0 Å². The monoisotopic (exact) mass is 338 g/mol. The molecule has 1 aromatic carbocycles. The summed E-state index contributed by atoms with van der Waals surface area (Å²) in [4.78, 5) is 19.5. The molecule has 0 radical (unpaired) electrons. The molecule has 2 aromatic heterocycles. The maximum Gasteiger partial charge on any atom is 0.263 e. The third-order valence-electron chi connectivity index (χ3n) is 4.14. The number of nitrogens with zero attached hydrogens (tertiary/aromatic N) is 2. The first-order chi connectivity index (χ1) is 11.5. The number of ether oxygens (including phenoxy) is 1. The third-order valence-corrected chi connectivity index (χ3v) is 5.24. The highest BCUT2D eigenvalue weighted by Gasteiger charge is 2.16. The number of methoxy groups -OCH3 is 1. The SMILES string of the molecule is C#CCn1c(Cc2ccc(OC)cc2)nc2sc(C)c(C)c2c1=O. The van der Waals surface area contributed by atoms with Crippen LogP contribution in [0.4, 0.5) is 0 Å². The van der Waals surface area contributed by atoms with Crippen molar-refractivity contribution >= 4 is 21.6 Å². The molecule has 122 valence electrons. The molecule has 4 nitrogen and oxygen atoms in total. The van der Waals surface area contributed by atoms with Crippen LogP contribution in [-0.2, 0) is 13.0 Å². The van der Waals surface area contributed by atoms with Crippen LogP contribution >= 0.6 is 11.3 Å². The van der Waals surface area contributed by atoms with E-state index >= 15 is 0 Å². The third kappa shape index (κ3) is 2.81. The molecular weight excluding hydrogens is 320 g/mol. The molecule has 0 spiro atoms. The molecule has 5 heteroatoms. The van der Waals surface area contributed by atoms with Gasteiger partial charge in [-0.1, -0.05) is 18.1 Å². The summed E-state index contributed by atoms with van der Waals surface area (Å²) in [5.41, 5.74) is 2.00. The van der Waals surface area contributed by atoms with Crippen LogP contribution in [-0.4, -0.2) is 16.7 Å². The van der Waals surface area contributed by atoms with Crippen molar-refractivity contribution in [3.63, 3.8) is 0 Å². The zero-order valence-electron chi connectivity index (χ0n) is 13.9. The lowest BCUT2D eigenvalue weighted by molar-refractivity contribution is 0.414. The quantitative estimate of drug-likeness (QED) is 0.686. The minimum atomic E-state index is -0.0525. The lowest BCUT2D eigenvalue weighted by Crippen LogP contribution is -2.25. The van der Waals surface area contributed by atoms with E-state index in [2.05, 4.69) is 5.92 Å². The molecule has 0 saturated carbocycles. The minimum absolute atomic E-state index is 0.0525. The first-order valence-electron chi connectivity index (χ1n) is 7.61. The van der Waals surface area contributed by atoms with Crippen LogP contribution in [0.5, 0.6) is 5.75 Å². The maximum absolute atomic E-state index is 12.9. The van der Waals surface area contributed by atoms with E-state index in [0.29, 0.717) is 17.6 Å². The zero-order chi connectivity index (χ0) is 17.3. The highest BCUT2D eigenvalue weighted by atomic mass is 32.1. The van der Waals surface area contributed by atoms with Crippen LogP contribution in [0.1, 0.15) is 21.8 Å². The Bertz CT molecular complexity index is 991. The van der Waals surface area contributed by atoms with E-state index in [4.69, 9.17) is 16.1 Å². The Balaban J connectivity index is 2.13. The number of thiophene rings is 1. The first-order valence-corrected chi connectivity index (χ1v) is 8.42. The Morgan fingerprint density at radius 3 is 2.62 bits per heavy atom. The summed E-state index contributed by atoms with van der Waals surface area (Å²) in [7, 11) is 1.64.